The van der Waals surface area contributed by atoms with Crippen LogP contribution in [-0.2, 0) is 9.53 Å². The molecule has 12 heteroatoms. The second-order valence-electron chi connectivity index (χ2n) is 5.57. The molecule has 0 aliphatic heterocycles. The predicted octanol–water partition coefficient (Wildman–Crippen LogP) is 5.21. The molecule has 31 heavy (non-hydrogen) atoms. The molecule has 172 valence electrons. The number of halogens is 6. The maximum absolute atomic E-state index is 11.9. The van der Waals surface area contributed by atoms with Crippen LogP contribution in [0.5, 0.6) is 23.0 Å². The lowest BCUT2D eigenvalue weighted by molar-refractivity contribution is -0.275. The van der Waals surface area contributed by atoms with Crippen molar-refractivity contribution in [3.05, 3.63) is 48.5 Å². The van der Waals surface area contributed by atoms with E-state index in [4.69, 9.17) is 14.6 Å². The summed E-state index contributed by atoms with van der Waals surface area (Å²) in [7, 11) is 0. The average molecular weight is 456 g/mol. The van der Waals surface area contributed by atoms with Gasteiger partial charge >= 0.3 is 18.7 Å². The van der Waals surface area contributed by atoms with Gasteiger partial charge < -0.3 is 24.1 Å². The minimum atomic E-state index is -4.74. The zero-order chi connectivity index (χ0) is 23.7. The molecule has 0 fully saturated rings. The molecule has 0 amide bonds. The van der Waals surface area contributed by atoms with Crippen molar-refractivity contribution in [2.75, 3.05) is 6.61 Å². The molecule has 2 rings (SSSR count). The van der Waals surface area contributed by atoms with Gasteiger partial charge in [0, 0.05) is 0 Å². The smallest absolute Gasteiger partial charge is 0.508 e. The van der Waals surface area contributed by atoms with Crippen LogP contribution in [0.15, 0.2) is 48.5 Å². The van der Waals surface area contributed by atoms with E-state index in [9.17, 15) is 31.1 Å². The van der Waals surface area contributed by atoms with E-state index >= 15 is 0 Å². The molecule has 1 N–H and O–H groups in total. The topological polar surface area (TPSA) is 74.2 Å². The number of ether oxygens (including phenoxy) is 4. The first-order valence-corrected chi connectivity index (χ1v) is 8.53. The highest BCUT2D eigenvalue weighted by Gasteiger charge is 2.31. The fourth-order valence-corrected chi connectivity index (χ4v) is 1.88. The minimum Gasteiger partial charge on any atom is -0.508 e. The van der Waals surface area contributed by atoms with Crippen molar-refractivity contribution in [3.63, 3.8) is 0 Å². The Morgan fingerprint density at radius 2 is 1.23 bits per heavy atom. The number of phenolic OH excluding ortho intramolecular Hbond substituents is 1. The third kappa shape index (κ3) is 11.5. The van der Waals surface area contributed by atoms with Crippen LogP contribution in [0, 0.1) is 0 Å². The van der Waals surface area contributed by atoms with E-state index < -0.39 is 24.8 Å². The highest BCUT2D eigenvalue weighted by atomic mass is 19.4. The molecular weight excluding hydrogens is 438 g/mol. The summed E-state index contributed by atoms with van der Waals surface area (Å²) in [6.07, 6.45) is -10.3. The molecule has 2 aromatic rings. The Balaban J connectivity index is 0.000000343. The van der Waals surface area contributed by atoms with Crippen LogP contribution in [0.1, 0.15) is 13.8 Å². The molecule has 0 aliphatic carbocycles. The normalized spacial score (nSPS) is 12.1. The number of alkyl halides is 6. The lowest BCUT2D eigenvalue weighted by Gasteiger charge is -2.14. The summed E-state index contributed by atoms with van der Waals surface area (Å²) in [6, 6.07) is 9.03. The van der Waals surface area contributed by atoms with E-state index in [1.54, 1.807) is 6.92 Å². The monoisotopic (exact) mass is 456 g/mol. The molecule has 0 spiro atoms. The first-order valence-electron chi connectivity index (χ1n) is 8.53. The number of benzene rings is 2. The zero-order valence-corrected chi connectivity index (χ0v) is 16.2. The van der Waals surface area contributed by atoms with Crippen LogP contribution in [0.25, 0.3) is 0 Å². The van der Waals surface area contributed by atoms with E-state index in [-0.39, 0.29) is 29.6 Å². The number of rotatable bonds is 6. The number of hydrogen-bond acceptors (Lipinski definition) is 6. The van der Waals surface area contributed by atoms with Gasteiger partial charge in [-0.2, -0.15) is 0 Å². The zero-order valence-electron chi connectivity index (χ0n) is 16.2. The summed E-state index contributed by atoms with van der Waals surface area (Å²) in [5.41, 5.74) is 0. The standard InChI is InChI=1S/C12H13F3O4.C7H5F3O2/c1-3-17-11(16)8(2)18-9-4-6-10(7-5-9)19-12(13,14)15;8-7(9,10)12-6-3-1-5(11)2-4-6/h4-8H,3H2,1-2H3;1-4,11H. The SMILES string of the molecule is CCOC(=O)C(C)Oc1ccc(OC(F)(F)F)cc1.Oc1ccc(OC(F)(F)F)cc1. The largest absolute Gasteiger partial charge is 0.573 e. The molecule has 0 bridgehead atoms. The van der Waals surface area contributed by atoms with Gasteiger partial charge in [-0.3, -0.25) is 0 Å². The maximum Gasteiger partial charge on any atom is 0.573 e. The van der Waals surface area contributed by atoms with Gasteiger partial charge in [-0.25, -0.2) is 4.79 Å². The van der Waals surface area contributed by atoms with E-state index in [0.29, 0.717) is 0 Å². The van der Waals surface area contributed by atoms with E-state index in [1.807, 2.05) is 0 Å². The number of carbonyl (C=O) groups is 1. The van der Waals surface area contributed by atoms with Crippen molar-refractivity contribution in [2.24, 2.45) is 0 Å². The van der Waals surface area contributed by atoms with Crippen molar-refractivity contribution in [3.8, 4) is 23.0 Å². The van der Waals surface area contributed by atoms with Gasteiger partial charge in [0.05, 0.1) is 6.61 Å². The molecule has 2 aromatic carbocycles. The first kappa shape index (κ1) is 25.7. The Morgan fingerprint density at radius 3 is 1.61 bits per heavy atom. The number of aromatic hydroxyl groups is 1. The lowest BCUT2D eigenvalue weighted by Crippen LogP contribution is -2.26. The summed E-state index contributed by atoms with van der Waals surface area (Å²) in [4.78, 5) is 11.3. The Kier molecular flexibility index (Phi) is 9.28. The van der Waals surface area contributed by atoms with Crippen molar-refractivity contribution < 1.29 is 55.2 Å². The highest BCUT2D eigenvalue weighted by Crippen LogP contribution is 2.25. The maximum atomic E-state index is 11.9. The summed E-state index contributed by atoms with van der Waals surface area (Å²) in [5, 5.41) is 8.72. The van der Waals surface area contributed by atoms with Gasteiger partial charge in [0.15, 0.2) is 6.10 Å². The molecule has 6 nitrogen and oxygen atoms in total. The molecule has 0 radical (unpaired) electrons. The van der Waals surface area contributed by atoms with Crippen LogP contribution in [0.3, 0.4) is 0 Å². The molecular formula is C19H18F6O6. The average Bonchev–Trinajstić information content (AvgIpc) is 2.64. The highest BCUT2D eigenvalue weighted by molar-refractivity contribution is 5.74. The molecule has 0 saturated heterocycles. The predicted molar refractivity (Wildman–Crippen MR) is 94.6 cm³/mol. The van der Waals surface area contributed by atoms with Gasteiger partial charge in [0.25, 0.3) is 0 Å². The third-order valence-corrected chi connectivity index (χ3v) is 3.06. The Labute approximate surface area is 172 Å². The Hall–Kier alpha value is -3.31. The van der Waals surface area contributed by atoms with Crippen molar-refractivity contribution in [2.45, 2.75) is 32.7 Å². The molecule has 0 aromatic heterocycles. The van der Waals surface area contributed by atoms with Gasteiger partial charge in [0.1, 0.15) is 23.0 Å². The second kappa shape index (κ2) is 11.2. The molecule has 0 aliphatic rings. The number of esters is 1. The summed E-state index contributed by atoms with van der Waals surface area (Å²) < 4.78 is 87.6. The van der Waals surface area contributed by atoms with Gasteiger partial charge in [-0.15, -0.1) is 26.3 Å². The van der Waals surface area contributed by atoms with Gasteiger partial charge in [-0.1, -0.05) is 0 Å². The number of phenols is 1. The van der Waals surface area contributed by atoms with Crippen LogP contribution in [0.2, 0.25) is 0 Å². The molecule has 1 atom stereocenters. The van der Waals surface area contributed by atoms with Gasteiger partial charge in [-0.05, 0) is 62.4 Å². The lowest BCUT2D eigenvalue weighted by atomic mass is 10.3. The van der Waals surface area contributed by atoms with Crippen LogP contribution < -0.4 is 14.2 Å². The fraction of sp³-hybridized carbons (Fsp3) is 0.316. The van der Waals surface area contributed by atoms with Crippen LogP contribution >= 0.6 is 0 Å². The fourth-order valence-electron chi connectivity index (χ4n) is 1.88. The molecule has 0 heterocycles. The van der Waals surface area contributed by atoms with Crippen LogP contribution in [-0.4, -0.2) is 36.5 Å². The van der Waals surface area contributed by atoms with Gasteiger partial charge in [0.2, 0.25) is 0 Å². The molecule has 1 unspecified atom stereocenters. The minimum absolute atomic E-state index is 0.107. The molecule has 0 saturated carbocycles. The summed E-state index contributed by atoms with van der Waals surface area (Å²) in [6.45, 7) is 3.37. The second-order valence-corrected chi connectivity index (χ2v) is 5.57. The van der Waals surface area contributed by atoms with Crippen LogP contribution in [0.4, 0.5) is 26.3 Å². The van der Waals surface area contributed by atoms with Crippen molar-refractivity contribution in [1.82, 2.24) is 0 Å². The Bertz CT molecular complexity index is 803. The van der Waals surface area contributed by atoms with E-state index in [0.717, 1.165) is 36.4 Å². The third-order valence-electron chi connectivity index (χ3n) is 3.06. The summed E-state index contributed by atoms with van der Waals surface area (Å²) >= 11 is 0. The van der Waals surface area contributed by atoms with E-state index in [1.165, 1.54) is 19.1 Å². The first-order chi connectivity index (χ1) is 14.3. The number of carbonyl (C=O) groups excluding carboxylic acids is 1. The van der Waals surface area contributed by atoms with Crippen molar-refractivity contribution in [1.29, 1.82) is 0 Å². The Morgan fingerprint density at radius 1 is 0.839 bits per heavy atom. The summed E-state index contributed by atoms with van der Waals surface area (Å²) in [5.74, 6) is -1.11. The quantitative estimate of drug-likeness (QED) is 0.476. The number of hydrogen-bond donors (Lipinski definition) is 1. The van der Waals surface area contributed by atoms with Crippen molar-refractivity contribution >= 4 is 5.97 Å². The van der Waals surface area contributed by atoms with E-state index in [2.05, 4.69) is 9.47 Å².